The third-order valence-electron chi connectivity index (χ3n) is 4.25. The number of hydrogen-bond donors (Lipinski definition) is 2. The summed E-state index contributed by atoms with van der Waals surface area (Å²) < 4.78 is 27.4. The minimum Gasteiger partial charge on any atom is -0.341 e. The number of amides is 1. The lowest BCUT2D eigenvalue weighted by Gasteiger charge is -2.20. The van der Waals surface area contributed by atoms with E-state index in [1.807, 2.05) is 42.5 Å². The molecule has 0 radical (unpaired) electrons. The third-order valence-corrected chi connectivity index (χ3v) is 5.90. The highest BCUT2D eigenvalue weighted by molar-refractivity contribution is 7.89. The highest BCUT2D eigenvalue weighted by atomic mass is 32.2. The SMILES string of the molecule is CC(C)NS(=O)(=O)c1cccc(C(=O)NC(c2ccccc2)c2ccncc2)c1. The Morgan fingerprint density at radius 2 is 1.55 bits per heavy atom. The molecular formula is C22H23N3O3S. The van der Waals surface area contributed by atoms with Crippen LogP contribution in [-0.4, -0.2) is 25.4 Å². The second-order valence-electron chi connectivity index (χ2n) is 6.90. The summed E-state index contributed by atoms with van der Waals surface area (Å²) in [6.07, 6.45) is 3.34. The summed E-state index contributed by atoms with van der Waals surface area (Å²) in [6, 6.07) is 18.6. The lowest BCUT2D eigenvalue weighted by Crippen LogP contribution is -2.31. The largest absolute Gasteiger partial charge is 0.341 e. The van der Waals surface area contributed by atoms with Crippen LogP contribution in [0.5, 0.6) is 0 Å². The first-order chi connectivity index (χ1) is 13.9. The fourth-order valence-electron chi connectivity index (χ4n) is 2.96. The normalized spacial score (nSPS) is 12.5. The van der Waals surface area contributed by atoms with E-state index in [0.717, 1.165) is 11.1 Å². The average molecular weight is 410 g/mol. The fourth-order valence-corrected chi connectivity index (χ4v) is 4.25. The highest BCUT2D eigenvalue weighted by Gasteiger charge is 2.20. The number of aromatic nitrogens is 1. The van der Waals surface area contributed by atoms with Crippen molar-refractivity contribution in [2.75, 3.05) is 0 Å². The van der Waals surface area contributed by atoms with Crippen LogP contribution < -0.4 is 10.0 Å². The number of carbonyl (C=O) groups is 1. The Labute approximate surface area is 171 Å². The van der Waals surface area contributed by atoms with E-state index in [9.17, 15) is 13.2 Å². The van der Waals surface area contributed by atoms with Crippen LogP contribution in [-0.2, 0) is 10.0 Å². The first-order valence-corrected chi connectivity index (χ1v) is 10.7. The predicted molar refractivity (Wildman–Crippen MR) is 112 cm³/mol. The molecule has 0 saturated carbocycles. The molecule has 1 heterocycles. The summed E-state index contributed by atoms with van der Waals surface area (Å²) in [4.78, 5) is 17.1. The number of rotatable bonds is 7. The molecule has 0 fully saturated rings. The molecule has 0 saturated heterocycles. The smallest absolute Gasteiger partial charge is 0.252 e. The molecule has 0 aliphatic carbocycles. The van der Waals surface area contributed by atoms with Crippen LogP contribution in [0.3, 0.4) is 0 Å². The number of nitrogens with one attached hydrogen (secondary N) is 2. The Balaban J connectivity index is 1.90. The molecule has 2 aromatic carbocycles. The van der Waals surface area contributed by atoms with Crippen molar-refractivity contribution in [2.24, 2.45) is 0 Å². The third kappa shape index (κ3) is 5.28. The predicted octanol–water partition coefficient (Wildman–Crippen LogP) is 3.29. The van der Waals surface area contributed by atoms with Crippen molar-refractivity contribution in [2.45, 2.75) is 30.8 Å². The van der Waals surface area contributed by atoms with Crippen LogP contribution >= 0.6 is 0 Å². The van der Waals surface area contributed by atoms with Gasteiger partial charge in [0.05, 0.1) is 10.9 Å². The van der Waals surface area contributed by atoms with Crippen molar-refractivity contribution in [3.8, 4) is 0 Å². The Kier molecular flexibility index (Phi) is 6.41. The van der Waals surface area contributed by atoms with Crippen molar-refractivity contribution in [3.63, 3.8) is 0 Å². The molecule has 1 aromatic heterocycles. The fraction of sp³-hybridized carbons (Fsp3) is 0.182. The van der Waals surface area contributed by atoms with E-state index in [0.29, 0.717) is 0 Å². The number of carbonyl (C=O) groups excluding carboxylic acids is 1. The molecule has 1 atom stereocenters. The molecule has 3 aromatic rings. The van der Waals surface area contributed by atoms with Gasteiger partial charge in [0.25, 0.3) is 5.91 Å². The molecular weight excluding hydrogens is 386 g/mol. The number of sulfonamides is 1. The van der Waals surface area contributed by atoms with E-state index in [1.165, 1.54) is 12.1 Å². The zero-order valence-corrected chi connectivity index (χ0v) is 17.1. The van der Waals surface area contributed by atoms with Gasteiger partial charge in [-0.3, -0.25) is 9.78 Å². The Morgan fingerprint density at radius 3 is 2.21 bits per heavy atom. The zero-order valence-electron chi connectivity index (χ0n) is 16.2. The molecule has 150 valence electrons. The van der Waals surface area contributed by atoms with Crippen LogP contribution in [0.1, 0.15) is 41.4 Å². The van der Waals surface area contributed by atoms with Crippen LogP contribution in [0, 0.1) is 0 Å². The van der Waals surface area contributed by atoms with E-state index >= 15 is 0 Å². The van der Waals surface area contributed by atoms with Gasteiger partial charge >= 0.3 is 0 Å². The minimum atomic E-state index is -3.69. The Morgan fingerprint density at radius 1 is 0.897 bits per heavy atom. The van der Waals surface area contributed by atoms with Crippen molar-refractivity contribution < 1.29 is 13.2 Å². The molecule has 1 amide bonds. The summed E-state index contributed by atoms with van der Waals surface area (Å²) in [5.41, 5.74) is 2.06. The Hall–Kier alpha value is -3.03. The highest BCUT2D eigenvalue weighted by Crippen LogP contribution is 2.22. The number of pyridine rings is 1. The molecule has 6 nitrogen and oxygen atoms in total. The van der Waals surface area contributed by atoms with Gasteiger partial charge in [0, 0.05) is 24.0 Å². The van der Waals surface area contributed by atoms with E-state index in [1.54, 1.807) is 38.4 Å². The molecule has 0 aliphatic heterocycles. The maximum Gasteiger partial charge on any atom is 0.252 e. The Bertz CT molecular complexity index is 1030. The topological polar surface area (TPSA) is 88.2 Å². The van der Waals surface area contributed by atoms with Gasteiger partial charge in [0.2, 0.25) is 10.0 Å². The van der Waals surface area contributed by atoms with E-state index in [2.05, 4.69) is 15.0 Å². The lowest BCUT2D eigenvalue weighted by molar-refractivity contribution is 0.0942. The summed E-state index contributed by atoms with van der Waals surface area (Å²) in [6.45, 7) is 3.49. The van der Waals surface area contributed by atoms with Gasteiger partial charge in [-0.15, -0.1) is 0 Å². The lowest BCUT2D eigenvalue weighted by atomic mass is 9.99. The standard InChI is InChI=1S/C22H23N3O3S/c1-16(2)25-29(27,28)20-10-6-9-19(15-20)22(26)24-21(17-7-4-3-5-8-17)18-11-13-23-14-12-18/h3-16,21,25H,1-2H3,(H,24,26). The summed E-state index contributed by atoms with van der Waals surface area (Å²) in [5, 5.41) is 3.00. The minimum absolute atomic E-state index is 0.0547. The second-order valence-corrected chi connectivity index (χ2v) is 8.62. The quantitative estimate of drug-likeness (QED) is 0.627. The van der Waals surface area contributed by atoms with Crippen molar-refractivity contribution >= 4 is 15.9 Å². The number of nitrogens with zero attached hydrogens (tertiary/aromatic N) is 1. The van der Waals surface area contributed by atoms with Crippen LogP contribution in [0.15, 0.2) is 84.0 Å². The van der Waals surface area contributed by atoms with Gasteiger partial charge in [0.1, 0.15) is 0 Å². The van der Waals surface area contributed by atoms with Crippen molar-refractivity contribution in [1.82, 2.24) is 15.0 Å². The van der Waals surface area contributed by atoms with Gasteiger partial charge in [0.15, 0.2) is 0 Å². The van der Waals surface area contributed by atoms with Gasteiger partial charge in [-0.05, 0) is 55.3 Å². The van der Waals surface area contributed by atoms with Gasteiger partial charge in [-0.1, -0.05) is 36.4 Å². The maximum atomic E-state index is 13.0. The summed E-state index contributed by atoms with van der Waals surface area (Å²) >= 11 is 0. The molecule has 29 heavy (non-hydrogen) atoms. The van der Waals surface area contributed by atoms with E-state index < -0.39 is 10.0 Å². The van der Waals surface area contributed by atoms with Crippen molar-refractivity contribution in [1.29, 1.82) is 0 Å². The average Bonchev–Trinajstić information content (AvgIpc) is 2.72. The number of hydrogen-bond acceptors (Lipinski definition) is 4. The van der Waals surface area contributed by atoms with Gasteiger partial charge in [-0.25, -0.2) is 13.1 Å². The van der Waals surface area contributed by atoms with Crippen molar-refractivity contribution in [3.05, 3.63) is 95.8 Å². The molecule has 1 unspecified atom stereocenters. The molecule has 2 N–H and O–H groups in total. The first-order valence-electron chi connectivity index (χ1n) is 9.25. The van der Waals surface area contributed by atoms with Gasteiger partial charge in [-0.2, -0.15) is 0 Å². The van der Waals surface area contributed by atoms with Gasteiger partial charge < -0.3 is 5.32 Å². The van der Waals surface area contributed by atoms with Crippen LogP contribution in [0.25, 0.3) is 0 Å². The molecule has 0 aliphatic rings. The van der Waals surface area contributed by atoms with Crippen LogP contribution in [0.2, 0.25) is 0 Å². The van der Waals surface area contributed by atoms with Crippen LogP contribution in [0.4, 0.5) is 0 Å². The molecule has 3 rings (SSSR count). The number of benzene rings is 2. The second kappa shape index (κ2) is 8.98. The summed E-state index contributed by atoms with van der Waals surface area (Å²) in [5.74, 6) is -0.364. The maximum absolute atomic E-state index is 13.0. The monoisotopic (exact) mass is 409 g/mol. The van der Waals surface area contributed by atoms with E-state index in [-0.39, 0.29) is 28.4 Å². The zero-order chi connectivity index (χ0) is 20.9. The first kappa shape index (κ1) is 20.7. The molecule has 0 spiro atoms. The van der Waals surface area contributed by atoms with E-state index in [4.69, 9.17) is 0 Å². The molecule has 0 bridgehead atoms. The molecule has 7 heteroatoms. The summed E-state index contributed by atoms with van der Waals surface area (Å²) in [7, 11) is -3.69.